The van der Waals surface area contributed by atoms with Crippen LogP contribution in [0.5, 0.6) is 0 Å². The number of benzene rings is 1. The zero-order valence-corrected chi connectivity index (χ0v) is 15.2. The van der Waals surface area contributed by atoms with Crippen LogP contribution in [0.2, 0.25) is 0 Å². The van der Waals surface area contributed by atoms with Crippen molar-refractivity contribution in [2.45, 2.75) is 45.6 Å². The van der Waals surface area contributed by atoms with Gasteiger partial charge < -0.3 is 20.5 Å². The van der Waals surface area contributed by atoms with E-state index in [-0.39, 0.29) is 6.10 Å². The zero-order chi connectivity index (χ0) is 17.9. The van der Waals surface area contributed by atoms with Gasteiger partial charge in [0.15, 0.2) is 0 Å². The average molecular weight is 354 g/mol. The van der Waals surface area contributed by atoms with E-state index in [4.69, 9.17) is 9.84 Å². The van der Waals surface area contributed by atoms with Gasteiger partial charge in [0.05, 0.1) is 12.7 Å². The maximum Gasteiger partial charge on any atom is 0.326 e. The molecule has 0 bridgehead atoms. The van der Waals surface area contributed by atoms with E-state index < -0.39 is 18.0 Å². The van der Waals surface area contributed by atoms with Crippen LogP contribution in [0.15, 0.2) is 24.3 Å². The summed E-state index contributed by atoms with van der Waals surface area (Å²) in [5.41, 5.74) is 2.01. The maximum absolute atomic E-state index is 11.8. The fourth-order valence-electron chi connectivity index (χ4n) is 1.90. The van der Waals surface area contributed by atoms with E-state index >= 15 is 0 Å². The molecule has 0 aliphatic carbocycles. The number of thioether (sulfide) groups is 1. The molecule has 0 heterocycles. The molecule has 3 N–H and O–H groups in total. The highest BCUT2D eigenvalue weighted by Gasteiger charge is 2.18. The van der Waals surface area contributed by atoms with Crippen LogP contribution in [0, 0.1) is 0 Å². The number of nitrogens with one attached hydrogen (secondary N) is 2. The minimum atomic E-state index is -1.02. The van der Waals surface area contributed by atoms with Crippen LogP contribution in [0.1, 0.15) is 31.4 Å². The molecule has 0 radical (unpaired) electrons. The van der Waals surface area contributed by atoms with Crippen LogP contribution in [0.3, 0.4) is 0 Å². The third-order valence-electron chi connectivity index (χ3n) is 3.27. The molecule has 0 aliphatic heterocycles. The Balaban J connectivity index is 2.41. The Bertz CT molecular complexity index is 520. The predicted molar refractivity (Wildman–Crippen MR) is 96.2 cm³/mol. The van der Waals surface area contributed by atoms with Crippen LogP contribution in [-0.4, -0.2) is 41.3 Å². The Hall–Kier alpha value is -1.73. The number of carbonyl (C=O) groups excluding carboxylic acids is 1. The molecule has 0 unspecified atom stereocenters. The SMILES string of the molecule is CSCC[C@H](NC(=O)NCc1ccc(COC(C)C)cc1)C(=O)O. The van der Waals surface area contributed by atoms with Crippen molar-refractivity contribution in [2.24, 2.45) is 0 Å². The summed E-state index contributed by atoms with van der Waals surface area (Å²) >= 11 is 1.55. The van der Waals surface area contributed by atoms with Crippen molar-refractivity contribution < 1.29 is 19.4 Å². The van der Waals surface area contributed by atoms with Crippen molar-refractivity contribution in [1.29, 1.82) is 0 Å². The van der Waals surface area contributed by atoms with Crippen LogP contribution >= 0.6 is 11.8 Å². The second-order valence-electron chi connectivity index (χ2n) is 5.68. The summed E-state index contributed by atoms with van der Waals surface area (Å²) in [5, 5.41) is 14.3. The number of carbonyl (C=O) groups is 2. The second-order valence-corrected chi connectivity index (χ2v) is 6.66. The summed E-state index contributed by atoms with van der Waals surface area (Å²) < 4.78 is 5.53. The van der Waals surface area contributed by atoms with Gasteiger partial charge in [-0.25, -0.2) is 9.59 Å². The molecule has 134 valence electrons. The van der Waals surface area contributed by atoms with Gasteiger partial charge in [0, 0.05) is 6.54 Å². The van der Waals surface area contributed by atoms with Gasteiger partial charge in [-0.2, -0.15) is 11.8 Å². The van der Waals surface area contributed by atoms with Gasteiger partial charge in [-0.3, -0.25) is 0 Å². The topological polar surface area (TPSA) is 87.7 Å². The average Bonchev–Trinajstić information content (AvgIpc) is 2.55. The van der Waals surface area contributed by atoms with Crippen molar-refractivity contribution in [3.05, 3.63) is 35.4 Å². The van der Waals surface area contributed by atoms with Crippen LogP contribution < -0.4 is 10.6 Å². The number of carboxylic acids is 1. The molecule has 7 heteroatoms. The number of rotatable bonds is 10. The largest absolute Gasteiger partial charge is 0.480 e. The monoisotopic (exact) mass is 354 g/mol. The number of carboxylic acid groups (broad SMARTS) is 1. The molecule has 0 fully saturated rings. The molecule has 24 heavy (non-hydrogen) atoms. The quantitative estimate of drug-likeness (QED) is 0.601. The Kier molecular flexibility index (Phi) is 9.26. The van der Waals surface area contributed by atoms with Gasteiger partial charge in [0.2, 0.25) is 0 Å². The van der Waals surface area contributed by atoms with Gasteiger partial charge in [-0.15, -0.1) is 0 Å². The lowest BCUT2D eigenvalue weighted by Gasteiger charge is -2.15. The Morgan fingerprint density at radius 2 is 1.83 bits per heavy atom. The third kappa shape index (κ3) is 8.21. The predicted octanol–water partition coefficient (Wildman–Crippen LogP) is 2.62. The van der Waals surface area contributed by atoms with Crippen molar-refractivity contribution in [1.82, 2.24) is 10.6 Å². The van der Waals surface area contributed by atoms with Gasteiger partial charge >= 0.3 is 12.0 Å². The molecule has 0 aliphatic rings. The van der Waals surface area contributed by atoms with E-state index in [1.54, 1.807) is 11.8 Å². The molecule has 0 saturated heterocycles. The molecular weight excluding hydrogens is 328 g/mol. The standard InChI is InChI=1S/C17H26N2O4S/c1-12(2)23-11-14-6-4-13(5-7-14)10-18-17(22)19-15(16(20)21)8-9-24-3/h4-7,12,15H,8-11H2,1-3H3,(H,20,21)(H2,18,19,22)/t15-/m0/s1. The number of urea groups is 1. The first-order chi connectivity index (χ1) is 11.4. The number of ether oxygens (including phenoxy) is 1. The van der Waals surface area contributed by atoms with E-state index in [9.17, 15) is 9.59 Å². The minimum Gasteiger partial charge on any atom is -0.480 e. The summed E-state index contributed by atoms with van der Waals surface area (Å²) in [7, 11) is 0. The molecule has 6 nitrogen and oxygen atoms in total. The molecule has 1 aromatic carbocycles. The van der Waals surface area contributed by atoms with Crippen molar-refractivity contribution in [3.63, 3.8) is 0 Å². The van der Waals surface area contributed by atoms with E-state index in [2.05, 4.69) is 10.6 Å². The second kappa shape index (κ2) is 10.9. The van der Waals surface area contributed by atoms with Crippen molar-refractivity contribution >= 4 is 23.8 Å². The van der Waals surface area contributed by atoms with E-state index in [0.717, 1.165) is 11.1 Å². The van der Waals surface area contributed by atoms with Crippen molar-refractivity contribution in [2.75, 3.05) is 12.0 Å². The zero-order valence-electron chi connectivity index (χ0n) is 14.4. The highest BCUT2D eigenvalue weighted by molar-refractivity contribution is 7.98. The summed E-state index contributed by atoms with van der Waals surface area (Å²) in [6, 6.07) is 6.40. The van der Waals surface area contributed by atoms with E-state index in [0.29, 0.717) is 25.3 Å². The highest BCUT2D eigenvalue weighted by atomic mass is 32.2. The summed E-state index contributed by atoms with van der Waals surface area (Å²) in [6.45, 7) is 4.87. The first-order valence-electron chi connectivity index (χ1n) is 7.88. The van der Waals surface area contributed by atoms with E-state index in [1.807, 2.05) is 44.4 Å². The number of hydrogen-bond acceptors (Lipinski definition) is 4. The molecular formula is C17H26N2O4S. The van der Waals surface area contributed by atoms with Crippen LogP contribution in [0.25, 0.3) is 0 Å². The van der Waals surface area contributed by atoms with Gasteiger partial charge in [-0.1, -0.05) is 24.3 Å². The summed E-state index contributed by atoms with van der Waals surface area (Å²) in [6.07, 6.45) is 2.48. The summed E-state index contributed by atoms with van der Waals surface area (Å²) in [5.74, 6) is -0.342. The normalized spacial score (nSPS) is 12.0. The fourth-order valence-corrected chi connectivity index (χ4v) is 2.37. The van der Waals surface area contributed by atoms with Gasteiger partial charge in [0.25, 0.3) is 0 Å². The molecule has 1 atom stereocenters. The van der Waals surface area contributed by atoms with Gasteiger partial charge in [0.1, 0.15) is 6.04 Å². The van der Waals surface area contributed by atoms with Crippen molar-refractivity contribution in [3.8, 4) is 0 Å². The highest BCUT2D eigenvalue weighted by Crippen LogP contribution is 2.07. The van der Waals surface area contributed by atoms with Gasteiger partial charge in [-0.05, 0) is 43.4 Å². The lowest BCUT2D eigenvalue weighted by molar-refractivity contribution is -0.139. The smallest absolute Gasteiger partial charge is 0.326 e. The molecule has 0 spiro atoms. The maximum atomic E-state index is 11.8. The van der Waals surface area contributed by atoms with Crippen LogP contribution in [-0.2, 0) is 22.7 Å². The molecule has 1 rings (SSSR count). The Labute approximate surface area is 147 Å². The molecule has 2 amide bonds. The van der Waals surface area contributed by atoms with E-state index in [1.165, 1.54) is 0 Å². The molecule has 1 aromatic rings. The van der Waals surface area contributed by atoms with Crippen LogP contribution in [0.4, 0.5) is 4.79 Å². The fraction of sp³-hybridized carbons (Fsp3) is 0.529. The number of aliphatic carboxylic acids is 1. The first kappa shape index (κ1) is 20.3. The molecule has 0 saturated carbocycles. The third-order valence-corrected chi connectivity index (χ3v) is 3.92. The first-order valence-corrected chi connectivity index (χ1v) is 9.27. The number of hydrogen-bond donors (Lipinski definition) is 3. The molecule has 0 aromatic heterocycles. The minimum absolute atomic E-state index is 0.184. The Morgan fingerprint density at radius 3 is 2.38 bits per heavy atom. The lowest BCUT2D eigenvalue weighted by atomic mass is 10.1. The summed E-state index contributed by atoms with van der Waals surface area (Å²) in [4.78, 5) is 22.9. The Morgan fingerprint density at radius 1 is 1.21 bits per heavy atom. The number of amides is 2. The lowest BCUT2D eigenvalue weighted by Crippen LogP contribution is -2.46.